The highest BCUT2D eigenvalue weighted by Crippen LogP contribution is 2.34. The van der Waals surface area contributed by atoms with Crippen molar-refractivity contribution in [1.82, 2.24) is 30.7 Å². The van der Waals surface area contributed by atoms with Crippen molar-refractivity contribution in [3.8, 4) is 27.4 Å². The molecule has 2 aromatic carbocycles. The van der Waals surface area contributed by atoms with Crippen molar-refractivity contribution in [3.05, 3.63) is 71.4 Å². The summed E-state index contributed by atoms with van der Waals surface area (Å²) >= 11 is 1.58. The Hall–Kier alpha value is -5.08. The van der Waals surface area contributed by atoms with Gasteiger partial charge in [-0.2, -0.15) is 0 Å². The highest BCUT2D eigenvalue weighted by atomic mass is 32.1. The van der Waals surface area contributed by atoms with Gasteiger partial charge in [-0.3, -0.25) is 14.4 Å². The fourth-order valence-electron chi connectivity index (χ4n) is 7.34. The van der Waals surface area contributed by atoms with Crippen molar-refractivity contribution < 1.29 is 24.6 Å². The average molecular weight is 755 g/mol. The third kappa shape index (κ3) is 8.65. The van der Waals surface area contributed by atoms with Crippen LogP contribution in [0.1, 0.15) is 70.7 Å². The van der Waals surface area contributed by atoms with Crippen LogP contribution in [0.5, 0.6) is 5.75 Å². The lowest BCUT2D eigenvalue weighted by Gasteiger charge is -2.36. The standard InChI is InChI=1S/C40H50N8O5S/c1-23(26-10-12-27(13-11-26)35-24(2)42-22-54-35)43-38(52)32-19-28(49)21-48(32)39(53)36(40(3,4)5)44-34(51)18-25-14-16-47(17-15-25)31-20-30(45-46-37(31)41)29-8-6-7-9-33(29)50/h6-13,20,22-23,25,28,32,36,49-50H,14-19,21H2,1-5H3,(H2,41,46)(H,43,52)(H,44,51)/t23-,28-,32-,36+/m0/s1. The van der Waals surface area contributed by atoms with E-state index in [1.807, 2.05) is 76.5 Å². The van der Waals surface area contributed by atoms with Crippen LogP contribution in [0.15, 0.2) is 60.1 Å². The number of rotatable bonds is 10. The average Bonchev–Trinajstić information content (AvgIpc) is 3.76. The zero-order chi connectivity index (χ0) is 38.7. The number of aliphatic hydroxyl groups excluding tert-OH is 1. The minimum absolute atomic E-state index is 0.00765. The van der Waals surface area contributed by atoms with E-state index in [1.165, 1.54) is 4.90 Å². The molecule has 0 unspecified atom stereocenters. The molecule has 6 rings (SSSR count). The van der Waals surface area contributed by atoms with Crippen LogP contribution < -0.4 is 21.3 Å². The molecular formula is C40H50N8O5S. The van der Waals surface area contributed by atoms with Crippen LogP contribution in [0.3, 0.4) is 0 Å². The van der Waals surface area contributed by atoms with E-state index in [2.05, 4.69) is 30.7 Å². The number of aromatic hydroxyl groups is 1. The molecule has 0 aliphatic carbocycles. The molecule has 2 aliphatic rings. The Morgan fingerprint density at radius 2 is 1.74 bits per heavy atom. The number of aryl methyl sites for hydroxylation is 1. The first-order valence-corrected chi connectivity index (χ1v) is 19.3. The quantitative estimate of drug-likeness (QED) is 0.150. The molecule has 2 aromatic heterocycles. The summed E-state index contributed by atoms with van der Waals surface area (Å²) in [5, 5.41) is 35.3. The zero-order valence-electron chi connectivity index (χ0n) is 31.5. The number of amides is 3. The van der Waals surface area contributed by atoms with E-state index in [0.29, 0.717) is 30.2 Å². The number of likely N-dealkylation sites (tertiary alicyclic amines) is 1. The van der Waals surface area contributed by atoms with E-state index < -0.39 is 23.6 Å². The molecular weight excluding hydrogens is 705 g/mol. The molecule has 2 aliphatic heterocycles. The number of nitrogens with zero attached hydrogens (tertiary/aromatic N) is 5. The molecule has 2 fully saturated rings. The number of carbonyl (C=O) groups excluding carboxylic acids is 3. The van der Waals surface area contributed by atoms with Gasteiger partial charge in [-0.05, 0) is 67.3 Å². The maximum atomic E-state index is 14.2. The van der Waals surface area contributed by atoms with Gasteiger partial charge in [-0.25, -0.2) is 4.98 Å². The van der Waals surface area contributed by atoms with E-state index in [-0.39, 0.29) is 54.8 Å². The number of thiazole rings is 1. The number of phenols is 1. The van der Waals surface area contributed by atoms with E-state index in [0.717, 1.165) is 40.2 Å². The fourth-order valence-corrected chi connectivity index (χ4v) is 8.15. The van der Waals surface area contributed by atoms with Crippen LogP contribution in [-0.2, 0) is 14.4 Å². The van der Waals surface area contributed by atoms with E-state index in [9.17, 15) is 24.6 Å². The number of benzene rings is 2. The van der Waals surface area contributed by atoms with E-state index in [4.69, 9.17) is 5.73 Å². The molecule has 0 saturated carbocycles. The highest BCUT2D eigenvalue weighted by molar-refractivity contribution is 7.13. The summed E-state index contributed by atoms with van der Waals surface area (Å²) in [6, 6.07) is 14.6. The molecule has 0 radical (unpaired) electrons. The number of phenolic OH excluding ortho intramolecular Hbond substituents is 1. The van der Waals surface area contributed by atoms with E-state index in [1.54, 1.807) is 29.5 Å². The maximum Gasteiger partial charge on any atom is 0.246 e. The van der Waals surface area contributed by atoms with Gasteiger partial charge in [0.15, 0.2) is 5.82 Å². The predicted molar refractivity (Wildman–Crippen MR) is 209 cm³/mol. The molecule has 2 saturated heterocycles. The number of piperidine rings is 1. The lowest BCUT2D eigenvalue weighted by Crippen LogP contribution is -2.58. The first kappa shape index (κ1) is 38.6. The Morgan fingerprint density at radius 1 is 1.04 bits per heavy atom. The Balaban J connectivity index is 1.06. The summed E-state index contributed by atoms with van der Waals surface area (Å²) < 4.78 is 0. The number of carbonyl (C=O) groups is 3. The maximum absolute atomic E-state index is 14.2. The molecule has 4 atom stereocenters. The molecule has 6 N–H and O–H groups in total. The summed E-state index contributed by atoms with van der Waals surface area (Å²) in [5.74, 6) is -0.492. The Labute approximate surface area is 320 Å². The van der Waals surface area contributed by atoms with Crippen molar-refractivity contribution in [3.63, 3.8) is 0 Å². The van der Waals surface area contributed by atoms with Gasteiger partial charge < -0.3 is 36.4 Å². The molecule has 4 aromatic rings. The summed E-state index contributed by atoms with van der Waals surface area (Å²) in [4.78, 5) is 50.3. The van der Waals surface area contributed by atoms with E-state index >= 15 is 0 Å². The summed E-state index contributed by atoms with van der Waals surface area (Å²) in [6.45, 7) is 10.8. The second-order valence-electron chi connectivity index (χ2n) is 15.5. The number of aliphatic hydroxyl groups is 1. The largest absolute Gasteiger partial charge is 0.507 e. The van der Waals surface area contributed by atoms with Crippen LogP contribution in [0.4, 0.5) is 11.5 Å². The van der Waals surface area contributed by atoms with Gasteiger partial charge in [0.25, 0.3) is 0 Å². The van der Waals surface area contributed by atoms with Crippen LogP contribution in [0.2, 0.25) is 0 Å². The predicted octanol–water partition coefficient (Wildman–Crippen LogP) is 4.84. The molecule has 0 spiro atoms. The molecule has 286 valence electrons. The lowest BCUT2D eigenvalue weighted by atomic mass is 9.85. The molecule has 0 bridgehead atoms. The highest BCUT2D eigenvalue weighted by Gasteiger charge is 2.45. The zero-order valence-corrected chi connectivity index (χ0v) is 32.3. The topological polar surface area (TPSA) is 187 Å². The molecule has 13 nitrogen and oxygen atoms in total. The smallest absolute Gasteiger partial charge is 0.246 e. The number of nitrogens with two attached hydrogens (primary N) is 1. The molecule has 54 heavy (non-hydrogen) atoms. The minimum Gasteiger partial charge on any atom is -0.507 e. The van der Waals surface area contributed by atoms with Crippen molar-refractivity contribution >= 4 is 40.6 Å². The molecule has 4 heterocycles. The van der Waals surface area contributed by atoms with Crippen LogP contribution in [0, 0.1) is 18.3 Å². The van der Waals surface area contributed by atoms with Crippen LogP contribution in [-0.4, -0.2) is 85.8 Å². The summed E-state index contributed by atoms with van der Waals surface area (Å²) in [6.07, 6.45) is 0.945. The number of hydrogen-bond acceptors (Lipinski definition) is 11. The monoisotopic (exact) mass is 754 g/mol. The van der Waals surface area contributed by atoms with Gasteiger partial charge >= 0.3 is 0 Å². The number of nitrogen functional groups attached to an aromatic ring is 1. The minimum atomic E-state index is -0.902. The van der Waals surface area contributed by atoms with Gasteiger partial charge in [0.05, 0.1) is 39.6 Å². The Bertz CT molecular complexity index is 1970. The normalized spacial score (nSPS) is 19.0. The number of para-hydroxylation sites is 1. The van der Waals surface area contributed by atoms with Crippen molar-refractivity contribution in [1.29, 1.82) is 0 Å². The fraction of sp³-hybridized carbons (Fsp3) is 0.450. The SMILES string of the molecule is Cc1ncsc1-c1ccc([C@H](C)NC(=O)[C@@H]2C[C@H](O)CN2C(=O)[C@@H](NC(=O)CC2CCN(c3cc(-c4ccccc4O)nnc3N)CC2)C(C)(C)C)cc1. The van der Waals surface area contributed by atoms with Crippen molar-refractivity contribution in [2.24, 2.45) is 11.3 Å². The Morgan fingerprint density at radius 3 is 2.39 bits per heavy atom. The van der Waals surface area contributed by atoms with Gasteiger partial charge in [-0.1, -0.05) is 57.2 Å². The van der Waals surface area contributed by atoms with Gasteiger partial charge in [0, 0.05) is 38.0 Å². The van der Waals surface area contributed by atoms with Gasteiger partial charge in [0.2, 0.25) is 17.7 Å². The Kier molecular flexibility index (Phi) is 11.5. The van der Waals surface area contributed by atoms with Crippen LogP contribution >= 0.6 is 11.3 Å². The number of hydrogen-bond donors (Lipinski definition) is 5. The summed E-state index contributed by atoms with van der Waals surface area (Å²) in [5.41, 5.74) is 12.1. The third-order valence-corrected chi connectivity index (χ3v) is 11.4. The lowest BCUT2D eigenvalue weighted by molar-refractivity contribution is -0.144. The summed E-state index contributed by atoms with van der Waals surface area (Å²) in [7, 11) is 0. The molecule has 14 heteroatoms. The second-order valence-corrected chi connectivity index (χ2v) is 16.4. The number of anilines is 2. The first-order valence-electron chi connectivity index (χ1n) is 18.4. The van der Waals surface area contributed by atoms with Crippen molar-refractivity contribution in [2.45, 2.75) is 84.5 Å². The van der Waals surface area contributed by atoms with Gasteiger partial charge in [-0.15, -0.1) is 21.5 Å². The number of nitrogens with one attached hydrogen (secondary N) is 2. The van der Waals surface area contributed by atoms with Crippen molar-refractivity contribution in [2.75, 3.05) is 30.3 Å². The second kappa shape index (κ2) is 16.1. The first-order chi connectivity index (χ1) is 25.7. The van der Waals surface area contributed by atoms with Gasteiger partial charge in [0.1, 0.15) is 17.8 Å². The number of β-amino-alcohol motifs (C(OH)–C–C–N with tert-alkyl or cyclic N) is 1. The molecule has 3 amide bonds. The third-order valence-electron chi connectivity index (χ3n) is 10.5. The van der Waals surface area contributed by atoms with Crippen LogP contribution in [0.25, 0.3) is 21.7 Å². The number of aromatic nitrogens is 3.